The lowest BCUT2D eigenvalue weighted by Crippen LogP contribution is -2.34. The number of fused-ring (bicyclic) bond motifs is 2. The van der Waals surface area contributed by atoms with Gasteiger partial charge in [0.2, 0.25) is 0 Å². The number of carbonyl (C=O) groups is 1. The summed E-state index contributed by atoms with van der Waals surface area (Å²) in [7, 11) is 0. The molecule has 1 unspecified atom stereocenters. The molecule has 4 aromatic rings. The fourth-order valence-electron chi connectivity index (χ4n) is 4.91. The maximum absolute atomic E-state index is 14.2. The molecule has 0 saturated carbocycles. The maximum atomic E-state index is 14.2. The Kier molecular flexibility index (Phi) is 5.31. The van der Waals surface area contributed by atoms with Gasteiger partial charge in [0.1, 0.15) is 12.4 Å². The van der Waals surface area contributed by atoms with Crippen LogP contribution in [-0.4, -0.2) is 34.8 Å². The van der Waals surface area contributed by atoms with Crippen LogP contribution < -0.4 is 10.2 Å². The van der Waals surface area contributed by atoms with E-state index in [1.165, 1.54) is 27.1 Å². The number of carboxylic acids is 1. The molecule has 3 aromatic carbocycles. The van der Waals surface area contributed by atoms with Crippen LogP contribution in [0.3, 0.4) is 0 Å². The van der Waals surface area contributed by atoms with Crippen LogP contribution in [0.5, 0.6) is 0 Å². The number of halogens is 1. The normalized spacial score (nSPS) is 17.3. The van der Waals surface area contributed by atoms with Crippen molar-refractivity contribution < 1.29 is 14.3 Å². The molecule has 0 bridgehead atoms. The van der Waals surface area contributed by atoms with E-state index in [2.05, 4.69) is 59.6 Å². The monoisotopic (exact) mass is 431 g/mol. The van der Waals surface area contributed by atoms with Crippen molar-refractivity contribution in [1.29, 1.82) is 0 Å². The summed E-state index contributed by atoms with van der Waals surface area (Å²) < 4.78 is 15.7. The molecule has 5 nitrogen and oxygen atoms in total. The van der Waals surface area contributed by atoms with Crippen molar-refractivity contribution in [3.63, 3.8) is 0 Å². The summed E-state index contributed by atoms with van der Waals surface area (Å²) >= 11 is 0. The number of anilines is 1. The minimum atomic E-state index is -0.986. The minimum Gasteiger partial charge on any atom is -0.480 e. The van der Waals surface area contributed by atoms with Crippen molar-refractivity contribution in [2.75, 3.05) is 18.0 Å². The van der Waals surface area contributed by atoms with Crippen molar-refractivity contribution >= 4 is 33.3 Å². The number of rotatable bonds is 6. The Morgan fingerprint density at radius 1 is 1.16 bits per heavy atom. The standard InChI is InChI=1S/C26H26FN3O2/c1-17(21-8-4-6-18-5-2-3-7-22(18)21)28-19-11-12-29(14-19)20-9-10-23-24(27)15-30(16-26(31)32)25(23)13-20/h2-10,13,15,17,19,28H,11-12,14,16H2,1H3,(H,31,32)/t17?,19-/m0/s1. The molecule has 0 aliphatic carbocycles. The van der Waals surface area contributed by atoms with E-state index in [9.17, 15) is 9.18 Å². The summed E-state index contributed by atoms with van der Waals surface area (Å²) in [6.45, 7) is 3.70. The Balaban J connectivity index is 1.33. The third kappa shape index (κ3) is 3.82. The molecule has 5 rings (SSSR count). The lowest BCUT2D eigenvalue weighted by atomic mass is 9.99. The second kappa shape index (κ2) is 8.28. The smallest absolute Gasteiger partial charge is 0.323 e. The Bertz CT molecular complexity index is 1290. The van der Waals surface area contributed by atoms with Gasteiger partial charge in [0, 0.05) is 42.4 Å². The number of hydrogen-bond acceptors (Lipinski definition) is 3. The Hall–Kier alpha value is -3.38. The molecule has 1 fully saturated rings. The predicted octanol–water partition coefficient (Wildman–Crippen LogP) is 4.95. The van der Waals surface area contributed by atoms with Gasteiger partial charge in [0.15, 0.2) is 0 Å². The highest BCUT2D eigenvalue weighted by Gasteiger charge is 2.25. The van der Waals surface area contributed by atoms with Crippen LogP contribution in [0.4, 0.5) is 10.1 Å². The first kappa shape index (κ1) is 20.5. The summed E-state index contributed by atoms with van der Waals surface area (Å²) in [5, 5.41) is 15.9. The van der Waals surface area contributed by atoms with Crippen molar-refractivity contribution in [3.8, 4) is 0 Å². The average molecular weight is 432 g/mol. The zero-order chi connectivity index (χ0) is 22.2. The molecule has 2 atom stereocenters. The molecule has 0 spiro atoms. The van der Waals surface area contributed by atoms with Crippen LogP contribution in [0.15, 0.2) is 66.9 Å². The largest absolute Gasteiger partial charge is 0.480 e. The fraction of sp³-hybridized carbons (Fsp3) is 0.269. The zero-order valence-electron chi connectivity index (χ0n) is 18.0. The van der Waals surface area contributed by atoms with Gasteiger partial charge >= 0.3 is 5.97 Å². The molecule has 1 saturated heterocycles. The molecule has 0 radical (unpaired) electrons. The van der Waals surface area contributed by atoms with Gasteiger partial charge in [-0.25, -0.2) is 4.39 Å². The molecular weight excluding hydrogens is 405 g/mol. The summed E-state index contributed by atoms with van der Waals surface area (Å²) in [5.41, 5.74) is 2.90. The van der Waals surface area contributed by atoms with E-state index < -0.39 is 11.8 Å². The number of nitrogens with one attached hydrogen (secondary N) is 1. The molecule has 6 heteroatoms. The maximum Gasteiger partial charge on any atom is 0.323 e. The molecule has 0 amide bonds. The van der Waals surface area contributed by atoms with Crippen LogP contribution in [0.2, 0.25) is 0 Å². The van der Waals surface area contributed by atoms with Gasteiger partial charge < -0.3 is 19.9 Å². The molecular formula is C26H26FN3O2. The lowest BCUT2D eigenvalue weighted by Gasteiger charge is -2.23. The van der Waals surface area contributed by atoms with Gasteiger partial charge in [0.25, 0.3) is 0 Å². The topological polar surface area (TPSA) is 57.5 Å². The number of benzene rings is 3. The van der Waals surface area contributed by atoms with Gasteiger partial charge in [-0.05, 0) is 47.9 Å². The summed E-state index contributed by atoms with van der Waals surface area (Å²) in [4.78, 5) is 13.4. The molecule has 1 aliphatic rings. The number of aliphatic carboxylic acids is 1. The summed E-state index contributed by atoms with van der Waals surface area (Å²) in [6, 6.07) is 21.0. The van der Waals surface area contributed by atoms with Gasteiger partial charge in [-0.3, -0.25) is 4.79 Å². The first-order valence-electron chi connectivity index (χ1n) is 11.0. The highest BCUT2D eigenvalue weighted by molar-refractivity contribution is 5.86. The van der Waals surface area contributed by atoms with Crippen LogP contribution in [0.1, 0.15) is 24.9 Å². The molecule has 1 aliphatic heterocycles. The first-order chi connectivity index (χ1) is 15.5. The highest BCUT2D eigenvalue weighted by Crippen LogP contribution is 2.29. The van der Waals surface area contributed by atoms with Crippen LogP contribution in [-0.2, 0) is 11.3 Å². The summed E-state index contributed by atoms with van der Waals surface area (Å²) in [5.74, 6) is -1.38. The highest BCUT2D eigenvalue weighted by atomic mass is 19.1. The minimum absolute atomic E-state index is 0.218. The lowest BCUT2D eigenvalue weighted by molar-refractivity contribution is -0.137. The first-order valence-corrected chi connectivity index (χ1v) is 11.0. The van der Waals surface area contributed by atoms with Gasteiger partial charge in [0.05, 0.1) is 5.52 Å². The third-order valence-corrected chi connectivity index (χ3v) is 6.45. The van der Waals surface area contributed by atoms with Gasteiger partial charge in [-0.1, -0.05) is 42.5 Å². The molecule has 2 heterocycles. The van der Waals surface area contributed by atoms with Crippen LogP contribution >= 0.6 is 0 Å². The Morgan fingerprint density at radius 3 is 2.81 bits per heavy atom. The zero-order valence-corrected chi connectivity index (χ0v) is 18.0. The van der Waals surface area contributed by atoms with E-state index in [0.717, 1.165) is 25.2 Å². The van der Waals surface area contributed by atoms with E-state index in [4.69, 9.17) is 5.11 Å². The third-order valence-electron chi connectivity index (χ3n) is 6.45. The molecule has 2 N–H and O–H groups in total. The van der Waals surface area contributed by atoms with E-state index in [0.29, 0.717) is 16.9 Å². The number of hydrogen-bond donors (Lipinski definition) is 2. The SMILES string of the molecule is CC(N[C@H]1CCN(c2ccc3c(F)cn(CC(=O)O)c3c2)C1)c1cccc2ccccc12. The quantitative estimate of drug-likeness (QED) is 0.454. The van der Waals surface area contributed by atoms with Crippen LogP contribution in [0.25, 0.3) is 21.7 Å². The van der Waals surface area contributed by atoms with E-state index in [1.54, 1.807) is 6.07 Å². The van der Waals surface area contributed by atoms with Crippen molar-refractivity contribution in [3.05, 3.63) is 78.2 Å². The van der Waals surface area contributed by atoms with Gasteiger partial charge in [-0.15, -0.1) is 0 Å². The molecule has 32 heavy (non-hydrogen) atoms. The number of nitrogens with zero attached hydrogens (tertiary/aromatic N) is 2. The second-order valence-corrected chi connectivity index (χ2v) is 8.59. The number of carboxylic acid groups (broad SMARTS) is 1. The van der Waals surface area contributed by atoms with Crippen molar-refractivity contribution in [2.45, 2.75) is 32.0 Å². The number of aromatic nitrogens is 1. The van der Waals surface area contributed by atoms with E-state index in [-0.39, 0.29) is 12.6 Å². The summed E-state index contributed by atoms with van der Waals surface area (Å²) in [6.07, 6.45) is 2.28. The predicted molar refractivity (Wildman–Crippen MR) is 126 cm³/mol. The fourth-order valence-corrected chi connectivity index (χ4v) is 4.91. The molecule has 164 valence electrons. The van der Waals surface area contributed by atoms with E-state index in [1.807, 2.05) is 12.1 Å². The van der Waals surface area contributed by atoms with E-state index >= 15 is 0 Å². The molecule has 1 aromatic heterocycles. The Labute approximate surface area is 186 Å². The van der Waals surface area contributed by atoms with Crippen molar-refractivity contribution in [1.82, 2.24) is 9.88 Å². The second-order valence-electron chi connectivity index (χ2n) is 8.59. The van der Waals surface area contributed by atoms with Crippen LogP contribution in [0, 0.1) is 5.82 Å². The Morgan fingerprint density at radius 2 is 1.97 bits per heavy atom. The average Bonchev–Trinajstić information content (AvgIpc) is 3.37. The van der Waals surface area contributed by atoms with Gasteiger partial charge in [-0.2, -0.15) is 0 Å². The van der Waals surface area contributed by atoms with Crippen molar-refractivity contribution in [2.24, 2.45) is 0 Å².